The fraction of sp³-hybridized carbons (Fsp3) is 0.135. The lowest BCUT2D eigenvalue weighted by Crippen LogP contribution is -2.23. The number of amides is 1. The zero-order chi connectivity index (χ0) is 34.8. The number of carbonyl (C=O) groups is 3. The molecule has 1 aliphatic heterocycles. The van der Waals surface area contributed by atoms with Crippen LogP contribution in [0.5, 0.6) is 11.8 Å². The SMILES string of the molecule is CNCc1ccc2c(-c3ccc(C(=O)NCc4ccc(C(=O)On5c(O)ccc5O)cc4)cc3C(=O)O)c3ccc(=[N+](C)C)cc-3oc2c1. The zero-order valence-electron chi connectivity index (χ0n) is 26.9. The van der Waals surface area contributed by atoms with Crippen molar-refractivity contribution in [1.82, 2.24) is 19.9 Å². The fourth-order valence-corrected chi connectivity index (χ4v) is 5.56. The quantitative estimate of drug-likeness (QED) is 0.113. The molecule has 4 aromatic rings. The lowest BCUT2D eigenvalue weighted by Gasteiger charge is -2.18. The summed E-state index contributed by atoms with van der Waals surface area (Å²) in [4.78, 5) is 43.3. The molecule has 5 N–H and O–H groups in total. The smallest absolute Gasteiger partial charge is 0.363 e. The molecule has 0 unspecified atom stereocenters. The Kier molecular flexibility index (Phi) is 8.88. The van der Waals surface area contributed by atoms with E-state index in [-0.39, 0.29) is 23.2 Å². The van der Waals surface area contributed by atoms with Gasteiger partial charge in [-0.25, -0.2) is 14.2 Å². The van der Waals surface area contributed by atoms with Crippen molar-refractivity contribution in [2.75, 3.05) is 21.1 Å². The highest BCUT2D eigenvalue weighted by molar-refractivity contribution is 6.09. The summed E-state index contributed by atoms with van der Waals surface area (Å²) in [6, 6.07) is 24.7. The molecule has 1 amide bonds. The average Bonchev–Trinajstić information content (AvgIpc) is 3.41. The van der Waals surface area contributed by atoms with Gasteiger partial charge in [-0.3, -0.25) is 4.79 Å². The van der Waals surface area contributed by atoms with Gasteiger partial charge in [-0.1, -0.05) is 30.3 Å². The summed E-state index contributed by atoms with van der Waals surface area (Å²) in [7, 11) is 5.71. The van der Waals surface area contributed by atoms with Gasteiger partial charge in [-0.15, -0.1) is 4.73 Å². The largest absolute Gasteiger partial charge is 0.492 e. The van der Waals surface area contributed by atoms with Crippen molar-refractivity contribution in [1.29, 1.82) is 0 Å². The summed E-state index contributed by atoms with van der Waals surface area (Å²) in [6.07, 6.45) is 0. The maximum Gasteiger partial charge on any atom is 0.363 e. The minimum atomic E-state index is -1.19. The molecule has 248 valence electrons. The molecule has 49 heavy (non-hydrogen) atoms. The van der Waals surface area contributed by atoms with E-state index in [0.717, 1.165) is 21.9 Å². The van der Waals surface area contributed by atoms with Crippen LogP contribution in [0.4, 0.5) is 0 Å². The number of rotatable bonds is 9. The van der Waals surface area contributed by atoms with Crippen LogP contribution in [0.3, 0.4) is 0 Å². The normalized spacial score (nSPS) is 11.1. The van der Waals surface area contributed by atoms with E-state index in [1.807, 2.05) is 62.1 Å². The molecule has 0 fully saturated rings. The van der Waals surface area contributed by atoms with Gasteiger partial charge in [0.25, 0.3) is 5.91 Å². The number of hydrogen-bond acceptors (Lipinski definition) is 8. The van der Waals surface area contributed by atoms with E-state index < -0.39 is 29.6 Å². The summed E-state index contributed by atoms with van der Waals surface area (Å²) in [5.41, 5.74) is 4.39. The van der Waals surface area contributed by atoms with Gasteiger partial charge in [0.2, 0.25) is 17.1 Å². The molecule has 1 aromatic heterocycles. The Balaban J connectivity index is 1.28. The van der Waals surface area contributed by atoms with Gasteiger partial charge in [0.15, 0.2) is 0 Å². The van der Waals surface area contributed by atoms with E-state index in [2.05, 4.69) is 10.6 Å². The first-order valence-corrected chi connectivity index (χ1v) is 15.3. The second kappa shape index (κ2) is 13.4. The van der Waals surface area contributed by atoms with E-state index in [4.69, 9.17) is 9.25 Å². The van der Waals surface area contributed by atoms with Gasteiger partial charge in [0.1, 0.15) is 25.4 Å². The molecule has 1 aliphatic carbocycles. The molecular weight excluding hydrogens is 628 g/mol. The molecule has 0 radical (unpaired) electrons. The molecule has 2 aliphatic rings. The molecule has 2 heterocycles. The van der Waals surface area contributed by atoms with Crippen LogP contribution in [-0.2, 0) is 13.1 Å². The first-order valence-electron chi connectivity index (χ1n) is 15.3. The van der Waals surface area contributed by atoms with Gasteiger partial charge in [0, 0.05) is 53.4 Å². The van der Waals surface area contributed by atoms with Crippen molar-refractivity contribution >= 4 is 28.8 Å². The Labute approximate surface area is 280 Å². The number of aromatic hydroxyl groups is 2. The van der Waals surface area contributed by atoms with E-state index >= 15 is 0 Å². The number of hydrogen-bond donors (Lipinski definition) is 5. The van der Waals surface area contributed by atoms with E-state index in [1.54, 1.807) is 24.3 Å². The summed E-state index contributed by atoms with van der Waals surface area (Å²) >= 11 is 0. The minimum absolute atomic E-state index is 0.0416. The van der Waals surface area contributed by atoms with Crippen molar-refractivity contribution in [3.05, 3.63) is 124 Å². The second-order valence-corrected chi connectivity index (χ2v) is 11.6. The lowest BCUT2D eigenvalue weighted by molar-refractivity contribution is 0.0381. The number of carboxylic acids is 1. The molecule has 6 rings (SSSR count). The predicted molar refractivity (Wildman–Crippen MR) is 181 cm³/mol. The van der Waals surface area contributed by atoms with Crippen molar-refractivity contribution < 1.29 is 39.0 Å². The molecule has 3 aromatic carbocycles. The van der Waals surface area contributed by atoms with E-state index in [9.17, 15) is 29.7 Å². The average molecular weight is 662 g/mol. The Morgan fingerprint density at radius 1 is 0.796 bits per heavy atom. The van der Waals surface area contributed by atoms with Gasteiger partial charge in [0.05, 0.1) is 17.2 Å². The molecule has 0 saturated heterocycles. The highest BCUT2D eigenvalue weighted by atomic mass is 16.7. The topological polar surface area (TPSA) is 166 Å². The molecular formula is C37H33N4O8+. The number of carboxylic acid groups (broad SMARTS) is 1. The summed E-state index contributed by atoms with van der Waals surface area (Å²) < 4.78 is 8.91. The molecule has 12 heteroatoms. The van der Waals surface area contributed by atoms with Gasteiger partial charge >= 0.3 is 11.9 Å². The number of carbonyl (C=O) groups excluding carboxylic acids is 2. The zero-order valence-corrected chi connectivity index (χ0v) is 26.9. The van der Waals surface area contributed by atoms with Crippen LogP contribution < -0.4 is 25.4 Å². The van der Waals surface area contributed by atoms with Crippen molar-refractivity contribution in [2.24, 2.45) is 0 Å². The molecule has 0 spiro atoms. The third kappa shape index (κ3) is 6.58. The number of nitrogens with zero attached hydrogens (tertiary/aromatic N) is 2. The molecule has 12 nitrogen and oxygen atoms in total. The number of nitrogens with one attached hydrogen (secondary N) is 2. The van der Waals surface area contributed by atoms with Crippen LogP contribution in [0.15, 0.2) is 95.4 Å². The van der Waals surface area contributed by atoms with Crippen LogP contribution in [0.1, 0.15) is 42.2 Å². The van der Waals surface area contributed by atoms with Crippen molar-refractivity contribution in [3.63, 3.8) is 0 Å². The first kappa shape index (κ1) is 32.5. The summed E-state index contributed by atoms with van der Waals surface area (Å²) in [5.74, 6) is -2.78. The third-order valence-corrected chi connectivity index (χ3v) is 8.06. The maximum absolute atomic E-state index is 13.2. The van der Waals surface area contributed by atoms with Crippen LogP contribution in [0, 0.1) is 0 Å². The van der Waals surface area contributed by atoms with Crippen LogP contribution >= 0.6 is 0 Å². The Morgan fingerprint density at radius 2 is 1.47 bits per heavy atom. The fourth-order valence-electron chi connectivity index (χ4n) is 5.56. The van der Waals surface area contributed by atoms with Crippen LogP contribution in [-0.4, -0.2) is 59.0 Å². The molecule has 0 bridgehead atoms. The second-order valence-electron chi connectivity index (χ2n) is 11.6. The lowest BCUT2D eigenvalue weighted by atomic mass is 9.89. The summed E-state index contributed by atoms with van der Waals surface area (Å²) in [6.45, 7) is 0.721. The maximum atomic E-state index is 13.2. The number of fused-ring (bicyclic) bond motifs is 2. The standard InChI is InChI=1S/C37H32N4O8/c1-38-19-22-6-11-27-30(16-22)48-31-18-25(40(2)3)10-13-28(31)34(27)26-12-9-24(17-29(26)36(45)46)35(44)39-20-21-4-7-23(8-5-21)37(47)49-41-32(42)14-15-33(41)43/h4-18,38-39H,19-20H2,1-3H3,(H2,44,45,46)/p+1. The van der Waals surface area contributed by atoms with Gasteiger partial charge in [-0.05, 0) is 60.1 Å². The number of benzene rings is 4. The molecule has 0 atom stereocenters. The van der Waals surface area contributed by atoms with Crippen molar-refractivity contribution in [3.8, 4) is 34.2 Å². The number of aromatic nitrogens is 1. The molecule has 0 saturated carbocycles. The Morgan fingerprint density at radius 3 is 2.14 bits per heavy atom. The minimum Gasteiger partial charge on any atom is -0.492 e. The Hall–Kier alpha value is -6.40. The highest BCUT2D eigenvalue weighted by Crippen LogP contribution is 2.41. The van der Waals surface area contributed by atoms with Crippen LogP contribution in [0.2, 0.25) is 0 Å². The third-order valence-electron chi connectivity index (χ3n) is 8.06. The van der Waals surface area contributed by atoms with E-state index in [0.29, 0.717) is 39.3 Å². The van der Waals surface area contributed by atoms with E-state index in [1.165, 1.54) is 30.3 Å². The highest BCUT2D eigenvalue weighted by Gasteiger charge is 2.24. The van der Waals surface area contributed by atoms with Gasteiger partial charge < -0.3 is 35.2 Å². The van der Waals surface area contributed by atoms with Crippen molar-refractivity contribution in [2.45, 2.75) is 13.1 Å². The summed E-state index contributed by atoms with van der Waals surface area (Å²) in [5, 5.41) is 37.3. The Bertz CT molecular complexity index is 2260. The first-order chi connectivity index (χ1) is 23.5. The monoisotopic (exact) mass is 661 g/mol. The number of aromatic carboxylic acids is 1. The van der Waals surface area contributed by atoms with Gasteiger partial charge in [-0.2, -0.15) is 0 Å². The predicted octanol–water partition coefficient (Wildman–Crippen LogP) is 4.07. The van der Waals surface area contributed by atoms with Crippen LogP contribution in [0.25, 0.3) is 33.4 Å².